The van der Waals surface area contributed by atoms with Crippen molar-refractivity contribution in [3.05, 3.63) is 88.9 Å². The number of hydrogen-bond donors (Lipinski definition) is 1. The van der Waals surface area contributed by atoms with E-state index >= 15 is 0 Å². The Hall–Kier alpha value is -3.32. The fraction of sp³-hybridized carbons (Fsp3) is 0.0909. The molecule has 8 heteroatoms. The first-order valence-electron chi connectivity index (χ1n) is 8.80. The standard InChI is InChI=1S/C22H16ClF3N2O2/c23-19-6-1-2-7-20(19)28-21(29)14-30-18-10-8-15(9-11-18)13-27-17-5-3-4-16(12-17)22(24,25)26/h1-13H,14H2,(H,28,29). The quantitative estimate of drug-likeness (QED) is 0.476. The van der Waals surface area contributed by atoms with E-state index in [0.29, 0.717) is 22.0 Å². The predicted molar refractivity (Wildman–Crippen MR) is 111 cm³/mol. The van der Waals surface area contributed by atoms with Crippen molar-refractivity contribution in [3.8, 4) is 5.75 Å². The lowest BCUT2D eigenvalue weighted by atomic mass is 10.2. The Morgan fingerprint density at radius 1 is 1.03 bits per heavy atom. The van der Waals surface area contributed by atoms with Crippen molar-refractivity contribution in [3.63, 3.8) is 0 Å². The number of nitrogens with zero attached hydrogens (tertiary/aromatic N) is 1. The van der Waals surface area contributed by atoms with Gasteiger partial charge in [-0.25, -0.2) is 0 Å². The second kappa shape index (κ2) is 9.45. The minimum Gasteiger partial charge on any atom is -0.484 e. The van der Waals surface area contributed by atoms with E-state index in [1.807, 2.05) is 0 Å². The molecule has 0 saturated carbocycles. The Balaban J connectivity index is 1.55. The molecule has 0 fully saturated rings. The Morgan fingerprint density at radius 2 is 1.77 bits per heavy atom. The van der Waals surface area contributed by atoms with Gasteiger partial charge in [-0.1, -0.05) is 29.8 Å². The number of amides is 1. The fourth-order valence-electron chi connectivity index (χ4n) is 2.46. The predicted octanol–water partition coefficient (Wildman–Crippen LogP) is 6.13. The fourth-order valence-corrected chi connectivity index (χ4v) is 2.64. The van der Waals surface area contributed by atoms with Gasteiger partial charge in [-0.05, 0) is 60.2 Å². The molecule has 1 N–H and O–H groups in total. The first-order valence-corrected chi connectivity index (χ1v) is 9.17. The van der Waals surface area contributed by atoms with Crippen molar-refractivity contribution in [2.75, 3.05) is 11.9 Å². The molecule has 3 aromatic carbocycles. The molecular weight excluding hydrogens is 417 g/mol. The number of benzene rings is 3. The Labute approximate surface area is 176 Å². The average molecular weight is 433 g/mol. The molecule has 0 atom stereocenters. The third-order valence-electron chi connectivity index (χ3n) is 3.93. The molecular formula is C22H16ClF3N2O2. The molecule has 0 aromatic heterocycles. The lowest BCUT2D eigenvalue weighted by molar-refractivity contribution is -0.137. The van der Waals surface area contributed by atoms with Crippen molar-refractivity contribution in [1.82, 2.24) is 0 Å². The number of anilines is 1. The summed E-state index contributed by atoms with van der Waals surface area (Å²) in [5.74, 6) is 0.0961. The highest BCUT2D eigenvalue weighted by molar-refractivity contribution is 6.33. The van der Waals surface area contributed by atoms with Crippen LogP contribution in [0.2, 0.25) is 5.02 Å². The van der Waals surface area contributed by atoms with Gasteiger partial charge in [-0.15, -0.1) is 0 Å². The van der Waals surface area contributed by atoms with E-state index in [4.69, 9.17) is 16.3 Å². The van der Waals surface area contributed by atoms with Crippen LogP contribution in [-0.2, 0) is 11.0 Å². The third-order valence-corrected chi connectivity index (χ3v) is 4.26. The van der Waals surface area contributed by atoms with E-state index in [1.165, 1.54) is 18.3 Å². The van der Waals surface area contributed by atoms with E-state index in [-0.39, 0.29) is 18.2 Å². The van der Waals surface area contributed by atoms with Gasteiger partial charge in [-0.2, -0.15) is 13.2 Å². The zero-order valence-corrected chi connectivity index (χ0v) is 16.2. The van der Waals surface area contributed by atoms with Crippen LogP contribution in [-0.4, -0.2) is 18.7 Å². The molecule has 3 rings (SSSR count). The number of carbonyl (C=O) groups is 1. The van der Waals surface area contributed by atoms with Crippen molar-refractivity contribution in [2.24, 2.45) is 4.99 Å². The molecule has 0 bridgehead atoms. The van der Waals surface area contributed by atoms with Crippen LogP contribution in [0.25, 0.3) is 0 Å². The molecule has 1 amide bonds. The van der Waals surface area contributed by atoms with Crippen LogP contribution in [0.5, 0.6) is 5.75 Å². The maximum atomic E-state index is 12.7. The van der Waals surface area contributed by atoms with Crippen LogP contribution in [0.4, 0.5) is 24.5 Å². The summed E-state index contributed by atoms with van der Waals surface area (Å²) >= 11 is 5.98. The van der Waals surface area contributed by atoms with Crippen molar-refractivity contribution >= 4 is 35.1 Å². The Bertz CT molecular complexity index is 1050. The molecule has 3 aromatic rings. The van der Waals surface area contributed by atoms with E-state index in [9.17, 15) is 18.0 Å². The van der Waals surface area contributed by atoms with Gasteiger partial charge < -0.3 is 10.1 Å². The number of hydrogen-bond acceptors (Lipinski definition) is 3. The molecule has 4 nitrogen and oxygen atoms in total. The molecule has 0 unspecified atom stereocenters. The van der Waals surface area contributed by atoms with Gasteiger partial charge in [0.25, 0.3) is 5.91 Å². The number of aliphatic imine (C=N–C) groups is 1. The summed E-state index contributed by atoms with van der Waals surface area (Å²) in [5.41, 5.74) is 0.603. The van der Waals surface area contributed by atoms with Gasteiger partial charge in [0.1, 0.15) is 5.75 Å². The van der Waals surface area contributed by atoms with E-state index in [2.05, 4.69) is 10.3 Å². The van der Waals surface area contributed by atoms with E-state index < -0.39 is 11.7 Å². The number of nitrogens with one attached hydrogen (secondary N) is 1. The van der Waals surface area contributed by atoms with Crippen molar-refractivity contribution in [1.29, 1.82) is 0 Å². The van der Waals surface area contributed by atoms with Crippen LogP contribution >= 0.6 is 11.6 Å². The summed E-state index contributed by atoms with van der Waals surface area (Å²) in [6, 6.07) is 18.2. The molecule has 0 aliphatic rings. The lowest BCUT2D eigenvalue weighted by Crippen LogP contribution is -2.20. The van der Waals surface area contributed by atoms with Crippen LogP contribution < -0.4 is 10.1 Å². The smallest absolute Gasteiger partial charge is 0.416 e. The summed E-state index contributed by atoms with van der Waals surface area (Å²) in [6.07, 6.45) is -2.97. The summed E-state index contributed by atoms with van der Waals surface area (Å²) in [7, 11) is 0. The highest BCUT2D eigenvalue weighted by atomic mass is 35.5. The maximum absolute atomic E-state index is 12.7. The highest BCUT2D eigenvalue weighted by Crippen LogP contribution is 2.31. The molecule has 0 heterocycles. The highest BCUT2D eigenvalue weighted by Gasteiger charge is 2.30. The third kappa shape index (κ3) is 6.09. The first-order chi connectivity index (χ1) is 14.3. The monoisotopic (exact) mass is 432 g/mol. The van der Waals surface area contributed by atoms with Gasteiger partial charge >= 0.3 is 6.18 Å². The number of carbonyl (C=O) groups excluding carboxylic acids is 1. The summed E-state index contributed by atoms with van der Waals surface area (Å²) in [4.78, 5) is 16.0. The number of para-hydroxylation sites is 1. The van der Waals surface area contributed by atoms with Crippen molar-refractivity contribution < 1.29 is 22.7 Å². The SMILES string of the molecule is O=C(COc1ccc(C=Nc2cccc(C(F)(F)F)c2)cc1)Nc1ccccc1Cl. The maximum Gasteiger partial charge on any atom is 0.416 e. The average Bonchev–Trinajstić information content (AvgIpc) is 2.73. The number of alkyl halides is 3. The molecule has 0 aliphatic heterocycles. The van der Waals surface area contributed by atoms with Crippen LogP contribution in [0.1, 0.15) is 11.1 Å². The van der Waals surface area contributed by atoms with Gasteiger partial charge in [0.05, 0.1) is 22.0 Å². The number of rotatable bonds is 6. The second-order valence-electron chi connectivity index (χ2n) is 6.19. The molecule has 0 spiro atoms. The van der Waals surface area contributed by atoms with Crippen LogP contribution in [0.3, 0.4) is 0 Å². The number of halogens is 4. The van der Waals surface area contributed by atoms with Gasteiger partial charge in [0.15, 0.2) is 6.61 Å². The second-order valence-corrected chi connectivity index (χ2v) is 6.60. The van der Waals surface area contributed by atoms with Gasteiger partial charge in [0, 0.05) is 6.21 Å². The summed E-state index contributed by atoms with van der Waals surface area (Å²) < 4.78 is 43.7. The minimum atomic E-state index is -4.41. The molecule has 0 aliphatic carbocycles. The van der Waals surface area contributed by atoms with Crippen LogP contribution in [0.15, 0.2) is 77.8 Å². The largest absolute Gasteiger partial charge is 0.484 e. The van der Waals surface area contributed by atoms with E-state index in [1.54, 1.807) is 48.5 Å². The topological polar surface area (TPSA) is 50.7 Å². The van der Waals surface area contributed by atoms with Gasteiger partial charge in [0.2, 0.25) is 0 Å². The summed E-state index contributed by atoms with van der Waals surface area (Å²) in [5, 5.41) is 3.07. The minimum absolute atomic E-state index is 0.196. The molecule has 0 saturated heterocycles. The van der Waals surface area contributed by atoms with Gasteiger partial charge in [-0.3, -0.25) is 9.79 Å². The van der Waals surface area contributed by atoms with Crippen molar-refractivity contribution in [2.45, 2.75) is 6.18 Å². The Kier molecular flexibility index (Phi) is 6.74. The Morgan fingerprint density at radius 3 is 2.47 bits per heavy atom. The lowest BCUT2D eigenvalue weighted by Gasteiger charge is -2.09. The van der Waals surface area contributed by atoms with Crippen LogP contribution in [0, 0.1) is 0 Å². The van der Waals surface area contributed by atoms with E-state index in [0.717, 1.165) is 12.1 Å². The summed E-state index contributed by atoms with van der Waals surface area (Å²) in [6.45, 7) is -0.205. The molecule has 30 heavy (non-hydrogen) atoms. The normalized spacial score (nSPS) is 11.5. The first kappa shape index (κ1) is 21.4. The zero-order valence-electron chi connectivity index (χ0n) is 15.5. The molecule has 154 valence electrons. The molecule has 0 radical (unpaired) electrons. The zero-order chi connectivity index (χ0) is 21.6. The number of ether oxygens (including phenoxy) is 1.